The summed E-state index contributed by atoms with van der Waals surface area (Å²) in [6, 6.07) is 9.09. The Balaban J connectivity index is 1.82. The average Bonchev–Trinajstić information content (AvgIpc) is 3.02. The monoisotopic (exact) mass is 335 g/mol. The molecule has 0 amide bonds. The number of benzene rings is 2. The molecule has 2 aliphatic rings. The summed E-state index contributed by atoms with van der Waals surface area (Å²) in [6.45, 7) is 0.324. The fourth-order valence-corrected chi connectivity index (χ4v) is 4.54. The zero-order chi connectivity index (χ0) is 16.0. The van der Waals surface area contributed by atoms with Gasteiger partial charge in [0.2, 0.25) is 6.79 Å². The Morgan fingerprint density at radius 1 is 1.09 bits per heavy atom. The number of hydrogen-bond acceptors (Lipinski definition) is 4. The molecule has 2 aliphatic heterocycles. The van der Waals surface area contributed by atoms with E-state index in [4.69, 9.17) is 9.47 Å². The summed E-state index contributed by atoms with van der Waals surface area (Å²) in [7, 11) is -3.86. The molecular formula is C16H14FNO4S. The van der Waals surface area contributed by atoms with Crippen molar-refractivity contribution in [3.63, 3.8) is 0 Å². The molecule has 2 aromatic rings. The Morgan fingerprint density at radius 2 is 1.91 bits per heavy atom. The molecule has 23 heavy (non-hydrogen) atoms. The normalized spacial score (nSPS) is 16.3. The largest absolute Gasteiger partial charge is 0.454 e. The minimum atomic E-state index is -3.86. The Labute approximate surface area is 133 Å². The molecule has 4 rings (SSSR count). The van der Waals surface area contributed by atoms with E-state index in [-0.39, 0.29) is 23.9 Å². The van der Waals surface area contributed by atoms with Crippen LogP contribution in [-0.4, -0.2) is 21.8 Å². The topological polar surface area (TPSA) is 55.8 Å². The number of para-hydroxylation sites is 1. The molecule has 0 bridgehead atoms. The van der Waals surface area contributed by atoms with Gasteiger partial charge in [-0.2, -0.15) is 0 Å². The van der Waals surface area contributed by atoms with Crippen LogP contribution >= 0.6 is 0 Å². The maximum atomic E-state index is 14.2. The van der Waals surface area contributed by atoms with Crippen LogP contribution in [-0.2, 0) is 16.4 Å². The summed E-state index contributed by atoms with van der Waals surface area (Å²) in [5, 5.41) is 0. The number of ether oxygens (including phenoxy) is 2. The number of halogens is 1. The van der Waals surface area contributed by atoms with E-state index in [2.05, 4.69) is 0 Å². The molecule has 0 aromatic heterocycles. The van der Waals surface area contributed by atoms with E-state index in [0.717, 1.165) is 4.31 Å². The molecule has 0 saturated heterocycles. The second kappa shape index (κ2) is 5.13. The average molecular weight is 335 g/mol. The molecule has 0 radical (unpaired) electrons. The number of sulfonamides is 1. The lowest BCUT2D eigenvalue weighted by Crippen LogP contribution is -2.36. The van der Waals surface area contributed by atoms with Crippen LogP contribution in [0.4, 0.5) is 10.1 Å². The van der Waals surface area contributed by atoms with Crippen LogP contribution < -0.4 is 13.8 Å². The van der Waals surface area contributed by atoms with Crippen molar-refractivity contribution in [2.24, 2.45) is 0 Å². The third kappa shape index (κ3) is 2.23. The highest BCUT2D eigenvalue weighted by molar-refractivity contribution is 7.92. The van der Waals surface area contributed by atoms with Crippen molar-refractivity contribution in [1.29, 1.82) is 0 Å². The van der Waals surface area contributed by atoms with Gasteiger partial charge in [-0.15, -0.1) is 0 Å². The minimum Gasteiger partial charge on any atom is -0.454 e. The van der Waals surface area contributed by atoms with Gasteiger partial charge in [-0.3, -0.25) is 4.31 Å². The molecule has 0 N–H and O–H groups in total. The summed E-state index contributed by atoms with van der Waals surface area (Å²) >= 11 is 0. The molecule has 5 nitrogen and oxygen atoms in total. The Bertz CT molecular complexity index is 882. The van der Waals surface area contributed by atoms with Crippen molar-refractivity contribution in [3.8, 4) is 11.5 Å². The number of aryl methyl sites for hydroxylation is 1. The molecular weight excluding hydrogens is 321 g/mol. The van der Waals surface area contributed by atoms with E-state index < -0.39 is 15.8 Å². The molecule has 7 heteroatoms. The smallest absolute Gasteiger partial charge is 0.264 e. The second-order valence-corrected chi connectivity index (χ2v) is 7.31. The van der Waals surface area contributed by atoms with Crippen LogP contribution in [0.3, 0.4) is 0 Å². The summed E-state index contributed by atoms with van der Waals surface area (Å²) in [6.07, 6.45) is 1.32. The standard InChI is InChI=1S/C16H14FNO4S/c17-13-5-1-3-11-4-2-8-18(16(11)13)23(19,20)12-6-7-14-15(9-12)22-10-21-14/h1,3,5-7,9H,2,4,8,10H2. The van der Waals surface area contributed by atoms with E-state index in [1.54, 1.807) is 18.2 Å². The zero-order valence-corrected chi connectivity index (χ0v) is 13.0. The van der Waals surface area contributed by atoms with Gasteiger partial charge in [0.05, 0.1) is 10.6 Å². The van der Waals surface area contributed by atoms with Gasteiger partial charge in [0.1, 0.15) is 5.82 Å². The van der Waals surface area contributed by atoms with Crippen LogP contribution in [0.25, 0.3) is 0 Å². The highest BCUT2D eigenvalue weighted by Gasteiger charge is 2.32. The van der Waals surface area contributed by atoms with Crippen LogP contribution in [0.2, 0.25) is 0 Å². The van der Waals surface area contributed by atoms with Gasteiger partial charge in [0, 0.05) is 12.6 Å². The Morgan fingerprint density at radius 3 is 2.78 bits per heavy atom. The summed E-state index contributed by atoms with van der Waals surface area (Å²) in [5.41, 5.74) is 0.858. The van der Waals surface area contributed by atoms with E-state index >= 15 is 0 Å². The highest BCUT2D eigenvalue weighted by Crippen LogP contribution is 2.38. The van der Waals surface area contributed by atoms with Crippen LogP contribution in [0, 0.1) is 5.82 Å². The van der Waals surface area contributed by atoms with Gasteiger partial charge in [-0.25, -0.2) is 12.8 Å². The Hall–Kier alpha value is -2.28. The van der Waals surface area contributed by atoms with Crippen molar-refractivity contribution >= 4 is 15.7 Å². The van der Waals surface area contributed by atoms with Crippen molar-refractivity contribution in [2.45, 2.75) is 17.7 Å². The molecule has 0 unspecified atom stereocenters. The molecule has 0 saturated carbocycles. The molecule has 120 valence electrons. The van der Waals surface area contributed by atoms with Crippen LogP contribution in [0.5, 0.6) is 11.5 Å². The van der Waals surface area contributed by atoms with Gasteiger partial charge in [0.15, 0.2) is 11.5 Å². The second-order valence-electron chi connectivity index (χ2n) is 5.44. The highest BCUT2D eigenvalue weighted by atomic mass is 32.2. The number of rotatable bonds is 2. The molecule has 0 atom stereocenters. The van der Waals surface area contributed by atoms with Gasteiger partial charge < -0.3 is 9.47 Å². The van der Waals surface area contributed by atoms with Crippen molar-refractivity contribution in [1.82, 2.24) is 0 Å². The quantitative estimate of drug-likeness (QED) is 0.847. The van der Waals surface area contributed by atoms with Gasteiger partial charge >= 0.3 is 0 Å². The third-order valence-electron chi connectivity index (χ3n) is 4.06. The molecule has 0 spiro atoms. The van der Waals surface area contributed by atoms with Crippen molar-refractivity contribution in [2.75, 3.05) is 17.6 Å². The van der Waals surface area contributed by atoms with E-state index in [0.29, 0.717) is 29.9 Å². The first-order valence-electron chi connectivity index (χ1n) is 7.27. The van der Waals surface area contributed by atoms with Crippen molar-refractivity contribution in [3.05, 3.63) is 47.8 Å². The number of anilines is 1. The van der Waals surface area contributed by atoms with E-state index in [1.165, 1.54) is 18.2 Å². The van der Waals surface area contributed by atoms with Gasteiger partial charge in [0.25, 0.3) is 10.0 Å². The fraction of sp³-hybridized carbons (Fsp3) is 0.250. The summed E-state index contributed by atoms with van der Waals surface area (Å²) in [4.78, 5) is 0.0675. The maximum absolute atomic E-state index is 14.2. The fourth-order valence-electron chi connectivity index (χ4n) is 2.97. The SMILES string of the molecule is O=S(=O)(c1ccc2c(c1)OCO2)N1CCCc2cccc(F)c21. The number of fused-ring (bicyclic) bond motifs is 2. The molecule has 0 aliphatic carbocycles. The third-order valence-corrected chi connectivity index (χ3v) is 5.85. The molecule has 0 fully saturated rings. The lowest BCUT2D eigenvalue weighted by molar-refractivity contribution is 0.174. The molecule has 2 heterocycles. The molecule has 2 aromatic carbocycles. The Kier molecular flexibility index (Phi) is 3.19. The lowest BCUT2D eigenvalue weighted by Gasteiger charge is -2.30. The summed E-state index contributed by atoms with van der Waals surface area (Å²) < 4.78 is 51.7. The number of nitrogens with zero attached hydrogens (tertiary/aromatic N) is 1. The predicted molar refractivity (Wildman–Crippen MR) is 81.8 cm³/mol. The van der Waals surface area contributed by atoms with Gasteiger partial charge in [-0.1, -0.05) is 12.1 Å². The van der Waals surface area contributed by atoms with Gasteiger partial charge in [-0.05, 0) is 36.6 Å². The first-order chi connectivity index (χ1) is 11.1. The zero-order valence-electron chi connectivity index (χ0n) is 12.2. The number of hydrogen-bond donors (Lipinski definition) is 0. The van der Waals surface area contributed by atoms with Crippen molar-refractivity contribution < 1.29 is 22.3 Å². The van der Waals surface area contributed by atoms with E-state index in [9.17, 15) is 12.8 Å². The van der Waals surface area contributed by atoms with Crippen LogP contribution in [0.15, 0.2) is 41.3 Å². The van der Waals surface area contributed by atoms with E-state index in [1.807, 2.05) is 0 Å². The minimum absolute atomic E-state index is 0.0675. The predicted octanol–water partition coefficient (Wildman–Crippen LogP) is 2.70. The summed E-state index contributed by atoms with van der Waals surface area (Å²) in [5.74, 6) is 0.373. The lowest BCUT2D eigenvalue weighted by atomic mass is 10.0. The maximum Gasteiger partial charge on any atom is 0.264 e. The first kappa shape index (κ1) is 14.3. The van der Waals surface area contributed by atoms with Crippen LogP contribution in [0.1, 0.15) is 12.0 Å². The first-order valence-corrected chi connectivity index (χ1v) is 8.71.